The molecule has 3 rings (SSSR count). The number of aryl methyl sites for hydroxylation is 1. The van der Waals surface area contributed by atoms with Crippen molar-refractivity contribution >= 4 is 11.8 Å². The van der Waals surface area contributed by atoms with Gasteiger partial charge in [0, 0.05) is 18.4 Å². The third kappa shape index (κ3) is 3.41. The van der Waals surface area contributed by atoms with Crippen LogP contribution < -0.4 is 16.6 Å². The van der Waals surface area contributed by atoms with Gasteiger partial charge in [-0.05, 0) is 30.9 Å². The first kappa shape index (κ1) is 15.6. The van der Waals surface area contributed by atoms with Gasteiger partial charge in [-0.1, -0.05) is 20.8 Å². The summed E-state index contributed by atoms with van der Waals surface area (Å²) in [4.78, 5) is 18.7. The van der Waals surface area contributed by atoms with E-state index < -0.39 is 0 Å². The minimum atomic E-state index is -0.141. The third-order valence-electron chi connectivity index (χ3n) is 4.28. The number of hydrogen-bond donors (Lipinski definition) is 3. The Balaban J connectivity index is 1.64. The molecule has 1 aliphatic rings. The lowest BCUT2D eigenvalue weighted by atomic mass is 9.92. The monoisotopic (exact) mass is 316 g/mol. The zero-order chi connectivity index (χ0) is 16.6. The lowest BCUT2D eigenvalue weighted by molar-refractivity contribution is 0.373. The maximum absolute atomic E-state index is 12.0. The van der Waals surface area contributed by atoms with Gasteiger partial charge in [0.25, 0.3) is 5.56 Å². The lowest BCUT2D eigenvalue weighted by Gasteiger charge is -2.24. The Morgan fingerprint density at radius 2 is 2.17 bits per heavy atom. The molecule has 23 heavy (non-hydrogen) atoms. The number of nitrogens with two attached hydrogens (primary N) is 1. The van der Waals surface area contributed by atoms with Crippen LogP contribution in [0.25, 0.3) is 0 Å². The Bertz CT molecular complexity index is 755. The topological polar surface area (TPSA) is 96.9 Å². The van der Waals surface area contributed by atoms with Gasteiger partial charge in [0.05, 0.1) is 5.56 Å². The Morgan fingerprint density at radius 1 is 1.39 bits per heavy atom. The van der Waals surface area contributed by atoms with E-state index >= 15 is 0 Å². The Morgan fingerprint density at radius 3 is 2.87 bits per heavy atom. The van der Waals surface area contributed by atoms with Crippen LogP contribution in [0.4, 0.5) is 11.8 Å². The normalized spacial score (nSPS) is 17.6. The molecule has 0 saturated carbocycles. The number of fused-ring (bicyclic) bond motifs is 1. The summed E-state index contributed by atoms with van der Waals surface area (Å²) >= 11 is 0. The molecule has 0 bridgehead atoms. The van der Waals surface area contributed by atoms with Crippen molar-refractivity contribution < 1.29 is 4.42 Å². The number of furan rings is 1. The molecule has 6 heteroatoms. The number of H-pyrrole nitrogens is 1. The Kier molecular flexibility index (Phi) is 3.92. The van der Waals surface area contributed by atoms with Gasteiger partial charge in [-0.25, -0.2) is 0 Å². The van der Waals surface area contributed by atoms with E-state index in [1.165, 1.54) is 0 Å². The van der Waals surface area contributed by atoms with Gasteiger partial charge >= 0.3 is 0 Å². The molecule has 0 amide bonds. The number of aromatic amines is 1. The highest BCUT2D eigenvalue weighted by molar-refractivity contribution is 5.48. The molecule has 1 unspecified atom stereocenters. The number of nitrogen functional groups attached to an aromatic ring is 1. The molecule has 2 aromatic rings. The third-order valence-corrected chi connectivity index (χ3v) is 4.28. The molecule has 124 valence electrons. The van der Waals surface area contributed by atoms with Crippen LogP contribution in [0.15, 0.2) is 21.3 Å². The second kappa shape index (κ2) is 5.76. The summed E-state index contributed by atoms with van der Waals surface area (Å²) < 4.78 is 5.93. The van der Waals surface area contributed by atoms with E-state index in [1.54, 1.807) is 0 Å². The van der Waals surface area contributed by atoms with Crippen molar-refractivity contribution in [3.05, 3.63) is 39.6 Å². The summed E-state index contributed by atoms with van der Waals surface area (Å²) in [6, 6.07) is 4.11. The first-order valence-electron chi connectivity index (χ1n) is 8.04. The van der Waals surface area contributed by atoms with Crippen LogP contribution in [0.5, 0.6) is 0 Å². The van der Waals surface area contributed by atoms with Crippen LogP contribution in [0.2, 0.25) is 0 Å². The van der Waals surface area contributed by atoms with Crippen molar-refractivity contribution in [3.63, 3.8) is 0 Å². The predicted molar refractivity (Wildman–Crippen MR) is 90.7 cm³/mol. The minimum Gasteiger partial charge on any atom is -0.466 e. The fourth-order valence-corrected chi connectivity index (χ4v) is 2.92. The van der Waals surface area contributed by atoms with Gasteiger partial charge in [-0.3, -0.25) is 9.78 Å². The summed E-state index contributed by atoms with van der Waals surface area (Å²) in [6.07, 6.45) is 2.56. The molecule has 0 saturated heterocycles. The molecule has 1 atom stereocenters. The molecule has 6 nitrogen and oxygen atoms in total. The smallest absolute Gasteiger partial charge is 0.257 e. The molecular weight excluding hydrogens is 292 g/mol. The summed E-state index contributed by atoms with van der Waals surface area (Å²) in [6.45, 7) is 7.23. The van der Waals surface area contributed by atoms with Crippen LogP contribution >= 0.6 is 0 Å². The van der Waals surface area contributed by atoms with Crippen LogP contribution in [0, 0.1) is 5.92 Å². The molecule has 4 N–H and O–H groups in total. The van der Waals surface area contributed by atoms with Gasteiger partial charge in [-0.15, -0.1) is 0 Å². The van der Waals surface area contributed by atoms with E-state index in [0.29, 0.717) is 17.3 Å². The van der Waals surface area contributed by atoms with Gasteiger partial charge in [-0.2, -0.15) is 4.98 Å². The number of anilines is 2. The second-order valence-corrected chi connectivity index (χ2v) is 7.28. The van der Waals surface area contributed by atoms with Crippen molar-refractivity contribution in [2.45, 2.75) is 45.4 Å². The zero-order valence-electron chi connectivity index (χ0n) is 13.9. The number of aromatic nitrogens is 2. The highest BCUT2D eigenvalue weighted by atomic mass is 16.3. The van der Waals surface area contributed by atoms with Crippen molar-refractivity contribution in [1.29, 1.82) is 0 Å². The quantitative estimate of drug-likeness (QED) is 0.808. The van der Waals surface area contributed by atoms with Crippen molar-refractivity contribution in [3.8, 4) is 0 Å². The molecule has 1 aliphatic heterocycles. The van der Waals surface area contributed by atoms with E-state index in [2.05, 4.69) is 48.2 Å². The molecular formula is C17H24N4O2. The number of nitrogens with one attached hydrogen (secondary N) is 2. The fourth-order valence-electron chi connectivity index (χ4n) is 2.92. The van der Waals surface area contributed by atoms with Crippen molar-refractivity contribution in [2.75, 3.05) is 17.6 Å². The van der Waals surface area contributed by atoms with Crippen LogP contribution in [-0.2, 0) is 18.3 Å². The van der Waals surface area contributed by atoms with E-state index in [0.717, 1.165) is 37.3 Å². The van der Waals surface area contributed by atoms with Crippen LogP contribution in [-0.4, -0.2) is 16.5 Å². The van der Waals surface area contributed by atoms with Crippen LogP contribution in [0.3, 0.4) is 0 Å². The SMILES string of the molecule is CC(C)(C)c1ccc(CCC2CNc3nc(N)[nH]c(=O)c3C2)o1. The summed E-state index contributed by atoms with van der Waals surface area (Å²) in [5.41, 5.74) is 6.16. The number of rotatable bonds is 3. The molecule has 0 aromatic carbocycles. The molecule has 2 aromatic heterocycles. The first-order valence-corrected chi connectivity index (χ1v) is 8.04. The maximum atomic E-state index is 12.0. The van der Waals surface area contributed by atoms with Gasteiger partial charge in [0.15, 0.2) is 0 Å². The van der Waals surface area contributed by atoms with E-state index in [1.807, 2.05) is 0 Å². The minimum absolute atomic E-state index is 0.0302. The zero-order valence-corrected chi connectivity index (χ0v) is 13.9. The summed E-state index contributed by atoms with van der Waals surface area (Å²) in [5, 5.41) is 3.22. The Labute approximate surface area is 135 Å². The first-order chi connectivity index (χ1) is 10.8. The average molecular weight is 316 g/mol. The summed E-state index contributed by atoms with van der Waals surface area (Å²) in [7, 11) is 0. The van der Waals surface area contributed by atoms with Crippen LogP contribution in [0.1, 0.15) is 44.3 Å². The molecule has 0 fully saturated rings. The van der Waals surface area contributed by atoms with Crippen molar-refractivity contribution in [2.24, 2.45) is 5.92 Å². The standard InChI is InChI=1S/C17H24N4O2/c1-17(2,3)13-7-6-11(23-13)5-4-10-8-12-14(19-9-10)20-16(18)21-15(12)22/h6-7,10H,4-5,8-9H2,1-3H3,(H4,18,19,20,21,22). The predicted octanol–water partition coefficient (Wildman–Crippen LogP) is 2.46. The molecule has 3 heterocycles. The van der Waals surface area contributed by atoms with Gasteiger partial charge in [0.2, 0.25) is 5.95 Å². The molecule has 0 aliphatic carbocycles. The molecule has 0 spiro atoms. The maximum Gasteiger partial charge on any atom is 0.257 e. The van der Waals surface area contributed by atoms with E-state index in [4.69, 9.17) is 10.2 Å². The molecule has 0 radical (unpaired) electrons. The van der Waals surface area contributed by atoms with Gasteiger partial charge < -0.3 is 15.5 Å². The highest BCUT2D eigenvalue weighted by Crippen LogP contribution is 2.27. The number of hydrogen-bond acceptors (Lipinski definition) is 5. The van der Waals surface area contributed by atoms with E-state index in [9.17, 15) is 4.79 Å². The van der Waals surface area contributed by atoms with E-state index in [-0.39, 0.29) is 16.9 Å². The van der Waals surface area contributed by atoms with Gasteiger partial charge in [0.1, 0.15) is 17.3 Å². The lowest BCUT2D eigenvalue weighted by Crippen LogP contribution is -2.30. The number of nitrogens with zero attached hydrogens (tertiary/aromatic N) is 1. The average Bonchev–Trinajstić information content (AvgIpc) is 2.94. The largest absolute Gasteiger partial charge is 0.466 e. The highest BCUT2D eigenvalue weighted by Gasteiger charge is 2.23. The Hall–Kier alpha value is -2.24. The summed E-state index contributed by atoms with van der Waals surface area (Å²) in [5.74, 6) is 3.18. The second-order valence-electron chi connectivity index (χ2n) is 7.28. The fraction of sp³-hybridized carbons (Fsp3) is 0.529. The van der Waals surface area contributed by atoms with Crippen molar-refractivity contribution in [1.82, 2.24) is 9.97 Å².